The van der Waals surface area contributed by atoms with Gasteiger partial charge in [0, 0.05) is 16.1 Å². The first-order valence-electron chi connectivity index (χ1n) is 3.58. The molecule has 4 heteroatoms. The topological polar surface area (TPSA) is 12.9 Å². The summed E-state index contributed by atoms with van der Waals surface area (Å²) < 4.78 is 14.4. The van der Waals surface area contributed by atoms with Crippen LogP contribution in [0.4, 0.5) is 4.39 Å². The van der Waals surface area contributed by atoms with E-state index < -0.39 is 0 Å². The van der Waals surface area contributed by atoms with Gasteiger partial charge >= 0.3 is 0 Å². The first kappa shape index (κ1) is 9.09. The third-order valence-corrected chi connectivity index (χ3v) is 2.90. The van der Waals surface area contributed by atoms with Crippen molar-refractivity contribution in [1.82, 2.24) is 4.98 Å². The highest BCUT2D eigenvalue weighted by Crippen LogP contribution is 2.26. The van der Waals surface area contributed by atoms with Crippen molar-refractivity contribution in [3.05, 3.63) is 39.2 Å². The average molecular weight is 305 g/mol. The van der Waals surface area contributed by atoms with Crippen molar-refractivity contribution in [2.75, 3.05) is 0 Å². The third-order valence-electron chi connectivity index (χ3n) is 1.71. The van der Waals surface area contributed by atoms with Crippen molar-refractivity contribution in [3.63, 3.8) is 0 Å². The number of benzene rings is 1. The van der Waals surface area contributed by atoms with Crippen molar-refractivity contribution in [2.24, 2.45) is 0 Å². The lowest BCUT2D eigenvalue weighted by Crippen LogP contribution is -1.84. The smallest absolute Gasteiger partial charge is 0.139 e. The number of rotatable bonds is 0. The molecule has 0 aliphatic carbocycles. The van der Waals surface area contributed by atoms with Crippen LogP contribution in [-0.4, -0.2) is 4.98 Å². The van der Waals surface area contributed by atoms with Gasteiger partial charge in [0.2, 0.25) is 0 Å². The molecule has 0 saturated carbocycles. The Morgan fingerprint density at radius 3 is 2.77 bits per heavy atom. The fourth-order valence-corrected chi connectivity index (χ4v) is 1.93. The molecule has 0 aliphatic rings. The summed E-state index contributed by atoms with van der Waals surface area (Å²) in [7, 11) is 0. The number of halogens is 3. The Kier molecular flexibility index (Phi) is 2.34. The summed E-state index contributed by atoms with van der Waals surface area (Å²) in [6, 6.07) is 5.01. The standard InChI is InChI=1S/C9H4Br2FN/c10-6-3-5-1-2-7(12)8(11)9(5)13-4-6/h1-4H. The van der Waals surface area contributed by atoms with E-state index in [1.807, 2.05) is 6.07 Å². The summed E-state index contributed by atoms with van der Waals surface area (Å²) >= 11 is 6.46. The van der Waals surface area contributed by atoms with Gasteiger partial charge in [0.15, 0.2) is 0 Å². The monoisotopic (exact) mass is 303 g/mol. The molecule has 0 aliphatic heterocycles. The Morgan fingerprint density at radius 1 is 1.23 bits per heavy atom. The predicted molar refractivity (Wildman–Crippen MR) is 57.1 cm³/mol. The average Bonchev–Trinajstić information content (AvgIpc) is 2.12. The van der Waals surface area contributed by atoms with Crippen LogP contribution in [-0.2, 0) is 0 Å². The minimum absolute atomic E-state index is 0.290. The summed E-state index contributed by atoms with van der Waals surface area (Å²) in [6.45, 7) is 0. The fraction of sp³-hybridized carbons (Fsp3) is 0. The van der Waals surface area contributed by atoms with E-state index in [0.29, 0.717) is 9.99 Å². The number of aromatic nitrogens is 1. The molecule has 0 fully saturated rings. The highest BCUT2D eigenvalue weighted by atomic mass is 79.9. The molecule has 2 rings (SSSR count). The van der Waals surface area contributed by atoms with E-state index in [0.717, 1.165) is 9.86 Å². The molecule has 1 heterocycles. The van der Waals surface area contributed by atoms with Crippen LogP contribution >= 0.6 is 31.9 Å². The molecule has 1 nitrogen and oxygen atoms in total. The van der Waals surface area contributed by atoms with E-state index in [4.69, 9.17) is 0 Å². The number of hydrogen-bond acceptors (Lipinski definition) is 1. The summed E-state index contributed by atoms with van der Waals surface area (Å²) in [4.78, 5) is 4.11. The highest BCUT2D eigenvalue weighted by Gasteiger charge is 2.05. The Balaban J connectivity index is 2.87. The molecule has 0 N–H and O–H groups in total. The second-order valence-electron chi connectivity index (χ2n) is 2.59. The normalized spacial score (nSPS) is 10.7. The van der Waals surface area contributed by atoms with E-state index in [2.05, 4.69) is 36.8 Å². The zero-order valence-corrected chi connectivity index (χ0v) is 9.56. The quantitative estimate of drug-likeness (QED) is 0.719. The molecule has 1 aromatic carbocycles. The summed E-state index contributed by atoms with van der Waals surface area (Å²) in [6.07, 6.45) is 1.65. The van der Waals surface area contributed by atoms with Crippen molar-refractivity contribution < 1.29 is 4.39 Å². The van der Waals surface area contributed by atoms with Crippen molar-refractivity contribution in [2.45, 2.75) is 0 Å². The van der Waals surface area contributed by atoms with Crippen LogP contribution < -0.4 is 0 Å². The number of hydrogen-bond donors (Lipinski definition) is 0. The van der Waals surface area contributed by atoms with Gasteiger partial charge in [0.25, 0.3) is 0 Å². The molecule has 0 unspecified atom stereocenters. The summed E-state index contributed by atoms with van der Waals surface area (Å²) in [5.74, 6) is -0.290. The Labute approximate surface area is 91.2 Å². The van der Waals surface area contributed by atoms with Crippen LogP contribution in [0.3, 0.4) is 0 Å². The van der Waals surface area contributed by atoms with Gasteiger partial charge in [-0.3, -0.25) is 4.98 Å². The maximum Gasteiger partial charge on any atom is 0.139 e. The lowest BCUT2D eigenvalue weighted by molar-refractivity contribution is 0.623. The minimum atomic E-state index is -0.290. The molecule has 0 radical (unpaired) electrons. The second kappa shape index (κ2) is 3.35. The second-order valence-corrected chi connectivity index (χ2v) is 4.30. The molecule has 0 amide bonds. The zero-order valence-electron chi connectivity index (χ0n) is 6.39. The maximum atomic E-state index is 13.1. The van der Waals surface area contributed by atoms with Crippen LogP contribution in [0, 0.1) is 5.82 Å². The van der Waals surface area contributed by atoms with Crippen molar-refractivity contribution >= 4 is 42.8 Å². The molecule has 1 aromatic heterocycles. The van der Waals surface area contributed by atoms with Gasteiger partial charge in [-0.2, -0.15) is 0 Å². The first-order valence-corrected chi connectivity index (χ1v) is 5.16. The number of nitrogens with zero attached hydrogens (tertiary/aromatic N) is 1. The van der Waals surface area contributed by atoms with Gasteiger partial charge < -0.3 is 0 Å². The first-order chi connectivity index (χ1) is 6.18. The molecule has 0 atom stereocenters. The van der Waals surface area contributed by atoms with Gasteiger partial charge in [0.05, 0.1) is 9.99 Å². The Morgan fingerprint density at radius 2 is 2.00 bits per heavy atom. The molecular formula is C9H4Br2FN. The predicted octanol–water partition coefficient (Wildman–Crippen LogP) is 3.90. The van der Waals surface area contributed by atoms with E-state index in [1.165, 1.54) is 6.07 Å². The Bertz CT molecular complexity index is 470. The van der Waals surface area contributed by atoms with Gasteiger partial charge in [0.1, 0.15) is 5.82 Å². The minimum Gasteiger partial charge on any atom is -0.254 e. The van der Waals surface area contributed by atoms with Crippen LogP contribution in [0.1, 0.15) is 0 Å². The van der Waals surface area contributed by atoms with Crippen molar-refractivity contribution in [1.29, 1.82) is 0 Å². The van der Waals surface area contributed by atoms with Gasteiger partial charge in [-0.25, -0.2) is 4.39 Å². The molecule has 13 heavy (non-hydrogen) atoms. The van der Waals surface area contributed by atoms with Gasteiger partial charge in [-0.05, 0) is 50.1 Å². The van der Waals surface area contributed by atoms with E-state index in [1.54, 1.807) is 12.3 Å². The third kappa shape index (κ3) is 1.60. The summed E-state index contributed by atoms with van der Waals surface area (Å²) in [5.41, 5.74) is 0.642. The zero-order chi connectivity index (χ0) is 9.42. The lowest BCUT2D eigenvalue weighted by atomic mass is 10.2. The Hall–Kier alpha value is -0.480. The highest BCUT2D eigenvalue weighted by molar-refractivity contribution is 9.11. The molecule has 0 saturated heterocycles. The van der Waals surface area contributed by atoms with Crippen LogP contribution in [0.15, 0.2) is 33.3 Å². The number of fused-ring (bicyclic) bond motifs is 1. The summed E-state index contributed by atoms with van der Waals surface area (Å²) in [5, 5.41) is 0.905. The van der Waals surface area contributed by atoms with Gasteiger partial charge in [-0.1, -0.05) is 0 Å². The number of pyridine rings is 1. The van der Waals surface area contributed by atoms with E-state index in [-0.39, 0.29) is 5.82 Å². The molecule has 2 aromatic rings. The van der Waals surface area contributed by atoms with Crippen LogP contribution in [0.2, 0.25) is 0 Å². The van der Waals surface area contributed by atoms with E-state index >= 15 is 0 Å². The molecule has 0 spiro atoms. The lowest BCUT2D eigenvalue weighted by Gasteiger charge is -2.00. The largest absolute Gasteiger partial charge is 0.254 e. The maximum absolute atomic E-state index is 13.1. The van der Waals surface area contributed by atoms with E-state index in [9.17, 15) is 4.39 Å². The van der Waals surface area contributed by atoms with Crippen molar-refractivity contribution in [3.8, 4) is 0 Å². The van der Waals surface area contributed by atoms with Crippen LogP contribution in [0.5, 0.6) is 0 Å². The molecule has 66 valence electrons. The SMILES string of the molecule is Fc1ccc2cc(Br)cnc2c1Br. The molecule has 0 bridgehead atoms. The van der Waals surface area contributed by atoms with Crippen LogP contribution in [0.25, 0.3) is 10.9 Å². The van der Waals surface area contributed by atoms with Gasteiger partial charge in [-0.15, -0.1) is 0 Å². The fourth-order valence-electron chi connectivity index (χ4n) is 1.11. The molecular weight excluding hydrogens is 301 g/mol.